The zero-order valence-electron chi connectivity index (χ0n) is 33.9. The fourth-order valence-corrected chi connectivity index (χ4v) is 9.29. The smallest absolute Gasteiger partial charge is 0.0546 e. The molecular formula is C60H43N. The standard InChI is InChI=1S/C60H43N/c1-3-14-42(15-4-1)43-26-28-44(29-27-43)45-30-35-51(36-31-45)61(52-37-32-48(33-38-52)59-40-49-19-8-10-22-55(49)57-23-11-12-24-58(57)59)60-41-50(34-39-56(60)47-16-5-2-6-17-47)54-25-13-20-46-18-7-9-21-53(46)54/h1-11,13-23,25-41H,12,24H2. The summed E-state index contributed by atoms with van der Waals surface area (Å²) in [5, 5.41) is 5.09. The maximum Gasteiger partial charge on any atom is 0.0546 e. The summed E-state index contributed by atoms with van der Waals surface area (Å²) in [4.78, 5) is 2.45. The number of anilines is 3. The highest BCUT2D eigenvalue weighted by atomic mass is 15.1. The molecule has 0 aliphatic heterocycles. The van der Waals surface area contributed by atoms with Crippen LogP contribution in [0.15, 0.2) is 231 Å². The summed E-state index contributed by atoms with van der Waals surface area (Å²) < 4.78 is 0. The lowest BCUT2D eigenvalue weighted by Crippen LogP contribution is -2.11. The molecule has 11 rings (SSSR count). The van der Waals surface area contributed by atoms with Crippen LogP contribution in [0, 0.1) is 0 Å². The minimum Gasteiger partial charge on any atom is -0.310 e. The second kappa shape index (κ2) is 15.8. The normalized spacial score (nSPS) is 12.1. The molecule has 1 heteroatoms. The van der Waals surface area contributed by atoms with E-state index in [1.807, 2.05) is 0 Å². The second-order valence-electron chi connectivity index (χ2n) is 16.0. The molecule has 0 bridgehead atoms. The van der Waals surface area contributed by atoms with Crippen LogP contribution in [-0.2, 0) is 6.42 Å². The van der Waals surface area contributed by atoms with Crippen LogP contribution in [0.5, 0.6) is 0 Å². The molecule has 0 amide bonds. The second-order valence-corrected chi connectivity index (χ2v) is 16.0. The van der Waals surface area contributed by atoms with E-state index in [-0.39, 0.29) is 0 Å². The van der Waals surface area contributed by atoms with Crippen molar-refractivity contribution >= 4 is 44.7 Å². The number of fused-ring (bicyclic) bond motifs is 4. The third-order valence-electron chi connectivity index (χ3n) is 12.4. The van der Waals surface area contributed by atoms with Crippen molar-refractivity contribution in [3.8, 4) is 55.6 Å². The minimum atomic E-state index is 1.04. The van der Waals surface area contributed by atoms with Crippen molar-refractivity contribution < 1.29 is 0 Å². The van der Waals surface area contributed by atoms with E-state index in [0.29, 0.717) is 0 Å². The molecule has 0 aromatic heterocycles. The highest BCUT2D eigenvalue weighted by Crippen LogP contribution is 2.45. The van der Waals surface area contributed by atoms with E-state index in [4.69, 9.17) is 0 Å². The highest BCUT2D eigenvalue weighted by Gasteiger charge is 2.21. The first-order valence-electron chi connectivity index (χ1n) is 21.3. The summed E-state index contributed by atoms with van der Waals surface area (Å²) >= 11 is 0. The zero-order chi connectivity index (χ0) is 40.5. The predicted molar refractivity (Wildman–Crippen MR) is 261 cm³/mol. The van der Waals surface area contributed by atoms with Crippen LogP contribution in [0.1, 0.15) is 17.5 Å². The molecule has 0 N–H and O–H groups in total. The quantitative estimate of drug-likeness (QED) is 0.149. The van der Waals surface area contributed by atoms with Gasteiger partial charge < -0.3 is 4.90 Å². The van der Waals surface area contributed by atoms with Crippen molar-refractivity contribution in [3.63, 3.8) is 0 Å². The van der Waals surface area contributed by atoms with Crippen LogP contribution in [0.3, 0.4) is 0 Å². The third kappa shape index (κ3) is 6.91. The first-order chi connectivity index (χ1) is 30.2. The number of hydrogen-bond acceptors (Lipinski definition) is 1. The summed E-state index contributed by atoms with van der Waals surface area (Å²) in [6.45, 7) is 0. The van der Waals surface area contributed by atoms with E-state index in [1.165, 1.54) is 88.3 Å². The summed E-state index contributed by atoms with van der Waals surface area (Å²) in [7, 11) is 0. The van der Waals surface area contributed by atoms with Gasteiger partial charge in [-0.25, -0.2) is 0 Å². The van der Waals surface area contributed by atoms with Gasteiger partial charge in [-0.1, -0.05) is 200 Å². The monoisotopic (exact) mass is 777 g/mol. The zero-order valence-corrected chi connectivity index (χ0v) is 33.9. The summed E-state index contributed by atoms with van der Waals surface area (Å²) in [6.07, 6.45) is 6.76. The van der Waals surface area contributed by atoms with Crippen LogP contribution < -0.4 is 4.90 Å². The number of rotatable bonds is 8. The van der Waals surface area contributed by atoms with E-state index in [2.05, 4.69) is 242 Å². The lowest BCUT2D eigenvalue weighted by molar-refractivity contribution is 0.992. The molecule has 0 spiro atoms. The molecule has 1 nitrogen and oxygen atoms in total. The van der Waals surface area contributed by atoms with Crippen molar-refractivity contribution in [2.45, 2.75) is 12.8 Å². The van der Waals surface area contributed by atoms with E-state index < -0.39 is 0 Å². The van der Waals surface area contributed by atoms with E-state index in [0.717, 1.165) is 29.9 Å². The van der Waals surface area contributed by atoms with Gasteiger partial charge in [-0.15, -0.1) is 0 Å². The molecule has 0 fully saturated rings. The highest BCUT2D eigenvalue weighted by molar-refractivity contribution is 6.00. The maximum atomic E-state index is 2.45. The van der Waals surface area contributed by atoms with Gasteiger partial charge in [0, 0.05) is 16.9 Å². The van der Waals surface area contributed by atoms with Crippen molar-refractivity contribution in [1.29, 1.82) is 0 Å². The third-order valence-corrected chi connectivity index (χ3v) is 12.4. The Bertz CT molecular complexity index is 3190. The Kier molecular flexibility index (Phi) is 9.41. The molecule has 10 aromatic rings. The minimum absolute atomic E-state index is 1.04. The van der Waals surface area contributed by atoms with Gasteiger partial charge in [0.05, 0.1) is 5.69 Å². The van der Waals surface area contributed by atoms with E-state index in [9.17, 15) is 0 Å². The lowest BCUT2D eigenvalue weighted by Gasteiger charge is -2.29. The van der Waals surface area contributed by atoms with Gasteiger partial charge in [-0.05, 0) is 132 Å². The van der Waals surface area contributed by atoms with Gasteiger partial charge in [0.15, 0.2) is 0 Å². The van der Waals surface area contributed by atoms with Gasteiger partial charge in [0.25, 0.3) is 0 Å². The molecule has 0 saturated carbocycles. The Balaban J connectivity index is 1.07. The molecule has 1 aliphatic rings. The Morgan fingerprint density at radius 1 is 0.328 bits per heavy atom. The number of nitrogens with zero attached hydrogens (tertiary/aromatic N) is 1. The molecular weight excluding hydrogens is 735 g/mol. The van der Waals surface area contributed by atoms with Crippen LogP contribution in [0.2, 0.25) is 0 Å². The van der Waals surface area contributed by atoms with Gasteiger partial charge in [-0.2, -0.15) is 0 Å². The predicted octanol–water partition coefficient (Wildman–Crippen LogP) is 16.8. The molecule has 1 aliphatic carbocycles. The summed E-state index contributed by atoms with van der Waals surface area (Å²) in [6, 6.07) is 82.1. The van der Waals surface area contributed by atoms with Crippen molar-refractivity contribution in [2.24, 2.45) is 0 Å². The fraction of sp³-hybridized carbons (Fsp3) is 0.0333. The number of benzene rings is 10. The van der Waals surface area contributed by atoms with Crippen molar-refractivity contribution in [1.82, 2.24) is 0 Å². The van der Waals surface area contributed by atoms with Crippen LogP contribution >= 0.6 is 0 Å². The van der Waals surface area contributed by atoms with Gasteiger partial charge >= 0.3 is 0 Å². The van der Waals surface area contributed by atoms with Gasteiger partial charge in [-0.3, -0.25) is 0 Å². The Labute approximate surface area is 358 Å². The van der Waals surface area contributed by atoms with Gasteiger partial charge in [0.2, 0.25) is 0 Å². The first kappa shape index (κ1) is 36.3. The van der Waals surface area contributed by atoms with Crippen LogP contribution in [0.25, 0.3) is 83.3 Å². The molecule has 0 heterocycles. The summed E-state index contributed by atoms with van der Waals surface area (Å²) in [5.41, 5.74) is 18.2. The molecule has 0 unspecified atom stereocenters. The maximum absolute atomic E-state index is 2.45. The van der Waals surface area contributed by atoms with Gasteiger partial charge in [0.1, 0.15) is 0 Å². The van der Waals surface area contributed by atoms with Crippen LogP contribution in [-0.4, -0.2) is 0 Å². The number of allylic oxidation sites excluding steroid dienone is 1. The van der Waals surface area contributed by atoms with Crippen LogP contribution in [0.4, 0.5) is 17.1 Å². The van der Waals surface area contributed by atoms with E-state index >= 15 is 0 Å². The topological polar surface area (TPSA) is 3.24 Å². The molecule has 10 aromatic carbocycles. The largest absolute Gasteiger partial charge is 0.310 e. The van der Waals surface area contributed by atoms with Crippen molar-refractivity contribution in [3.05, 3.63) is 242 Å². The molecule has 61 heavy (non-hydrogen) atoms. The summed E-state index contributed by atoms with van der Waals surface area (Å²) in [5.74, 6) is 0. The molecule has 0 atom stereocenters. The first-order valence-corrected chi connectivity index (χ1v) is 21.3. The molecule has 288 valence electrons. The lowest BCUT2D eigenvalue weighted by atomic mass is 9.85. The van der Waals surface area contributed by atoms with E-state index in [1.54, 1.807) is 0 Å². The average molecular weight is 778 g/mol. The fourth-order valence-electron chi connectivity index (χ4n) is 9.29. The molecule has 0 radical (unpaired) electrons. The molecule has 0 saturated heterocycles. The van der Waals surface area contributed by atoms with Crippen molar-refractivity contribution in [2.75, 3.05) is 4.90 Å². The Hall–Kier alpha value is -7.74. The number of hydrogen-bond donors (Lipinski definition) is 0. The Morgan fingerprint density at radius 2 is 0.836 bits per heavy atom. The average Bonchev–Trinajstić information content (AvgIpc) is 3.35. The Morgan fingerprint density at radius 3 is 1.52 bits per heavy atom. The SMILES string of the molecule is C1=Cc2c(c(-c3ccc(N(c4ccc(-c5ccc(-c6ccccc6)cc5)cc4)c4cc(-c5cccc6ccccc56)ccc4-c4ccccc4)cc3)cc3ccccc23)CC1.